The number of carbonyl (C=O) groups excluding carboxylic acids is 1. The highest BCUT2D eigenvalue weighted by Crippen LogP contribution is 2.42. The zero-order chi connectivity index (χ0) is 21.3. The van der Waals surface area contributed by atoms with Crippen molar-refractivity contribution < 1.29 is 18.7 Å². The highest BCUT2D eigenvalue weighted by atomic mass is 19.1. The Morgan fingerprint density at radius 2 is 2.20 bits per heavy atom. The SMILES string of the molecule is [C-]#[N+]c1ccc(C(=O)Cc2ccc(F)c([C@@]3(C)N=C(N)OC4=C3COCC4)c2)nc1. The Morgan fingerprint density at radius 1 is 1.37 bits per heavy atom. The van der Waals surface area contributed by atoms with Crippen molar-refractivity contribution in [3.63, 3.8) is 0 Å². The second kappa shape index (κ2) is 7.69. The van der Waals surface area contributed by atoms with Crippen LogP contribution in [0.2, 0.25) is 0 Å². The first-order chi connectivity index (χ1) is 14.4. The molecule has 0 aliphatic carbocycles. The first-order valence-corrected chi connectivity index (χ1v) is 9.40. The minimum absolute atomic E-state index is 0.0249. The summed E-state index contributed by atoms with van der Waals surface area (Å²) < 4.78 is 26.0. The Kier molecular flexibility index (Phi) is 5.06. The molecule has 1 aromatic carbocycles. The number of halogens is 1. The Bertz CT molecular complexity index is 1120. The summed E-state index contributed by atoms with van der Waals surface area (Å²) in [5, 5.41) is 0. The standard InChI is InChI=1S/C22H19FN4O3/c1-22(16-12-29-8-7-20(16)30-21(24)27-22)15-9-13(3-5-17(15)23)10-19(28)18-6-4-14(25-2)11-26-18/h3-6,9,11H,7-8,10,12H2,1H3,(H2,24,27)/t22-/m1/s1. The van der Waals surface area contributed by atoms with Crippen molar-refractivity contribution >= 4 is 17.5 Å². The molecule has 7 nitrogen and oxygen atoms in total. The third kappa shape index (κ3) is 3.55. The Hall–Kier alpha value is -3.57. The number of carbonyl (C=O) groups is 1. The average molecular weight is 406 g/mol. The van der Waals surface area contributed by atoms with Crippen LogP contribution in [0.1, 0.15) is 35.0 Å². The van der Waals surface area contributed by atoms with Crippen LogP contribution in [-0.2, 0) is 21.4 Å². The van der Waals surface area contributed by atoms with E-state index < -0.39 is 11.4 Å². The van der Waals surface area contributed by atoms with Crippen LogP contribution < -0.4 is 5.73 Å². The maximum atomic E-state index is 14.9. The van der Waals surface area contributed by atoms with Gasteiger partial charge in [0.05, 0.1) is 19.8 Å². The molecule has 1 aromatic heterocycles. The van der Waals surface area contributed by atoms with Gasteiger partial charge in [0.1, 0.15) is 22.8 Å². The predicted molar refractivity (Wildman–Crippen MR) is 107 cm³/mol. The predicted octanol–water partition coefficient (Wildman–Crippen LogP) is 3.43. The van der Waals surface area contributed by atoms with E-state index >= 15 is 0 Å². The van der Waals surface area contributed by atoms with Crippen molar-refractivity contribution in [2.24, 2.45) is 10.7 Å². The van der Waals surface area contributed by atoms with Crippen LogP contribution in [0.4, 0.5) is 10.1 Å². The summed E-state index contributed by atoms with van der Waals surface area (Å²) in [7, 11) is 0. The number of Topliss-reactive ketones (excluding diaryl/α,β-unsaturated/α-hetero) is 1. The fourth-order valence-corrected chi connectivity index (χ4v) is 3.70. The molecular weight excluding hydrogens is 387 g/mol. The second-order valence-corrected chi connectivity index (χ2v) is 7.26. The summed E-state index contributed by atoms with van der Waals surface area (Å²) in [5.41, 5.74) is 7.03. The molecule has 8 heteroatoms. The number of nitrogens with two attached hydrogens (primary N) is 1. The molecule has 0 unspecified atom stereocenters. The first-order valence-electron chi connectivity index (χ1n) is 9.40. The number of pyridine rings is 1. The van der Waals surface area contributed by atoms with E-state index in [1.807, 2.05) is 0 Å². The van der Waals surface area contributed by atoms with E-state index in [-0.39, 0.29) is 30.5 Å². The quantitative estimate of drug-likeness (QED) is 0.621. The molecule has 1 atom stereocenters. The molecule has 2 aromatic rings. The number of hydrogen-bond acceptors (Lipinski definition) is 6. The Balaban J connectivity index is 1.68. The molecule has 0 amide bonds. The summed E-state index contributed by atoms with van der Waals surface area (Å²) in [6.45, 7) is 9.49. The van der Waals surface area contributed by atoms with E-state index in [4.69, 9.17) is 21.8 Å². The highest BCUT2D eigenvalue weighted by Gasteiger charge is 2.41. The van der Waals surface area contributed by atoms with Crippen molar-refractivity contribution in [1.82, 2.24) is 4.98 Å². The molecule has 0 radical (unpaired) electrons. The molecule has 0 bridgehead atoms. The van der Waals surface area contributed by atoms with Gasteiger partial charge in [-0.15, -0.1) is 0 Å². The minimum atomic E-state index is -1.09. The lowest BCUT2D eigenvalue weighted by Gasteiger charge is -2.36. The van der Waals surface area contributed by atoms with Gasteiger partial charge < -0.3 is 15.2 Å². The Labute approximate surface area is 172 Å². The van der Waals surface area contributed by atoms with Crippen molar-refractivity contribution in [3.05, 3.63) is 81.9 Å². The van der Waals surface area contributed by atoms with Gasteiger partial charge in [0, 0.05) is 30.2 Å². The summed E-state index contributed by atoms with van der Waals surface area (Å²) in [6, 6.07) is 7.55. The van der Waals surface area contributed by atoms with Gasteiger partial charge in [-0.2, -0.15) is 0 Å². The van der Waals surface area contributed by atoms with Gasteiger partial charge in [-0.05, 0) is 30.7 Å². The number of amidine groups is 1. The number of ether oxygens (including phenoxy) is 2. The zero-order valence-electron chi connectivity index (χ0n) is 16.3. The van der Waals surface area contributed by atoms with Crippen LogP contribution >= 0.6 is 0 Å². The summed E-state index contributed by atoms with van der Waals surface area (Å²) in [5.74, 6) is -0.0320. The number of rotatable bonds is 4. The number of ketones is 1. The van der Waals surface area contributed by atoms with E-state index in [1.54, 1.807) is 25.1 Å². The normalized spacial score (nSPS) is 20.6. The highest BCUT2D eigenvalue weighted by molar-refractivity contribution is 5.96. The second-order valence-electron chi connectivity index (χ2n) is 7.26. The maximum absolute atomic E-state index is 14.9. The van der Waals surface area contributed by atoms with Crippen LogP contribution in [0.3, 0.4) is 0 Å². The minimum Gasteiger partial charge on any atom is -0.431 e. The van der Waals surface area contributed by atoms with E-state index in [2.05, 4.69) is 14.8 Å². The molecule has 4 rings (SSSR count). The molecule has 2 aliphatic heterocycles. The number of aliphatic imine (C=N–C) groups is 1. The lowest BCUT2D eigenvalue weighted by molar-refractivity contribution is 0.0987. The molecular formula is C22H19FN4O3. The van der Waals surface area contributed by atoms with E-state index in [1.165, 1.54) is 18.3 Å². The molecule has 0 fully saturated rings. The van der Waals surface area contributed by atoms with Crippen molar-refractivity contribution in [2.45, 2.75) is 25.3 Å². The van der Waals surface area contributed by atoms with Gasteiger partial charge in [-0.3, -0.25) is 9.78 Å². The molecule has 152 valence electrons. The number of nitrogens with zero attached hydrogens (tertiary/aromatic N) is 3. The molecule has 30 heavy (non-hydrogen) atoms. The first kappa shape index (κ1) is 19.7. The van der Waals surface area contributed by atoms with Gasteiger partial charge in [-0.25, -0.2) is 14.2 Å². The van der Waals surface area contributed by atoms with Crippen molar-refractivity contribution in [2.75, 3.05) is 13.2 Å². The maximum Gasteiger partial charge on any atom is 0.288 e. The molecule has 0 saturated carbocycles. The van der Waals surface area contributed by atoms with E-state index in [0.717, 1.165) is 5.57 Å². The molecule has 2 aliphatic rings. The summed E-state index contributed by atoms with van der Waals surface area (Å²) >= 11 is 0. The smallest absolute Gasteiger partial charge is 0.288 e. The number of benzene rings is 1. The molecule has 0 saturated heterocycles. The molecule has 3 heterocycles. The van der Waals surface area contributed by atoms with Crippen LogP contribution in [0, 0.1) is 12.4 Å². The molecule has 2 N–H and O–H groups in total. The van der Waals surface area contributed by atoms with Crippen molar-refractivity contribution in [3.8, 4) is 0 Å². The topological polar surface area (TPSA) is 91.2 Å². The van der Waals surface area contributed by atoms with Gasteiger partial charge in [-0.1, -0.05) is 12.1 Å². The largest absolute Gasteiger partial charge is 0.431 e. The summed E-state index contributed by atoms with van der Waals surface area (Å²) in [6.07, 6.45) is 1.92. The summed E-state index contributed by atoms with van der Waals surface area (Å²) in [4.78, 5) is 24.3. The van der Waals surface area contributed by atoms with Gasteiger partial charge in [0.15, 0.2) is 5.78 Å². The number of hydrogen-bond donors (Lipinski definition) is 1. The Morgan fingerprint density at radius 3 is 2.93 bits per heavy atom. The van der Waals surface area contributed by atoms with Crippen LogP contribution in [0.25, 0.3) is 4.85 Å². The van der Waals surface area contributed by atoms with Gasteiger partial charge in [0.25, 0.3) is 6.02 Å². The van der Waals surface area contributed by atoms with Crippen LogP contribution in [-0.4, -0.2) is 30.0 Å². The lowest BCUT2D eigenvalue weighted by atomic mass is 9.81. The monoisotopic (exact) mass is 406 g/mol. The number of aromatic nitrogens is 1. The molecule has 0 spiro atoms. The van der Waals surface area contributed by atoms with E-state index in [9.17, 15) is 9.18 Å². The zero-order valence-corrected chi connectivity index (χ0v) is 16.3. The lowest BCUT2D eigenvalue weighted by Crippen LogP contribution is -2.38. The fraction of sp³-hybridized carbons (Fsp3) is 0.273. The average Bonchev–Trinajstić information content (AvgIpc) is 2.75. The van der Waals surface area contributed by atoms with Gasteiger partial charge in [0.2, 0.25) is 5.69 Å². The van der Waals surface area contributed by atoms with Gasteiger partial charge >= 0.3 is 0 Å². The van der Waals surface area contributed by atoms with Crippen molar-refractivity contribution in [1.29, 1.82) is 0 Å². The third-order valence-electron chi connectivity index (χ3n) is 5.29. The van der Waals surface area contributed by atoms with Crippen LogP contribution in [0.5, 0.6) is 0 Å². The fourth-order valence-electron chi connectivity index (χ4n) is 3.70. The van der Waals surface area contributed by atoms with E-state index in [0.29, 0.717) is 35.6 Å². The third-order valence-corrected chi connectivity index (χ3v) is 5.29. The van der Waals surface area contributed by atoms with Crippen LogP contribution in [0.15, 0.2) is 52.9 Å².